The van der Waals surface area contributed by atoms with Crippen molar-refractivity contribution in [2.75, 3.05) is 31.1 Å². The molecular weight excluding hydrogens is 352 g/mol. The molecule has 0 radical (unpaired) electrons. The molecular formula is C23H24N2O3. The maximum Gasteiger partial charge on any atom is 0.336 e. The Hall–Kier alpha value is -2.79. The number of fused-ring (bicyclic) bond motifs is 2. The Bertz CT molecular complexity index is 1060. The number of anilines is 1. The van der Waals surface area contributed by atoms with E-state index >= 15 is 0 Å². The van der Waals surface area contributed by atoms with Crippen LogP contribution in [0.15, 0.2) is 51.7 Å². The molecule has 0 atom stereocenters. The number of phenols is 1. The largest absolute Gasteiger partial charge is 0.508 e. The Balaban J connectivity index is 1.35. The minimum absolute atomic E-state index is 0.261. The highest BCUT2D eigenvalue weighted by Gasteiger charge is 2.20. The summed E-state index contributed by atoms with van der Waals surface area (Å²) in [6.45, 7) is 4.50. The summed E-state index contributed by atoms with van der Waals surface area (Å²) in [5.41, 5.74) is 5.40. The summed E-state index contributed by atoms with van der Waals surface area (Å²) >= 11 is 0. The highest BCUT2D eigenvalue weighted by atomic mass is 16.4. The number of nitrogens with zero attached hydrogens (tertiary/aromatic N) is 2. The Morgan fingerprint density at radius 2 is 1.64 bits per heavy atom. The predicted octanol–water partition coefficient (Wildman–Crippen LogP) is 3.31. The summed E-state index contributed by atoms with van der Waals surface area (Å²) < 4.78 is 5.50. The molecule has 1 aliphatic heterocycles. The molecule has 2 heterocycles. The van der Waals surface area contributed by atoms with Gasteiger partial charge in [-0.15, -0.1) is 0 Å². The molecule has 0 bridgehead atoms. The van der Waals surface area contributed by atoms with Crippen LogP contribution >= 0.6 is 0 Å². The zero-order chi connectivity index (χ0) is 19.1. The summed E-state index contributed by atoms with van der Waals surface area (Å²) in [6.07, 6.45) is 3.39. The van der Waals surface area contributed by atoms with Crippen LogP contribution in [0.1, 0.15) is 23.1 Å². The van der Waals surface area contributed by atoms with Gasteiger partial charge in [0, 0.05) is 49.9 Å². The summed E-state index contributed by atoms with van der Waals surface area (Å²) in [7, 11) is 0. The lowest BCUT2D eigenvalue weighted by Gasteiger charge is -2.36. The third-order valence-electron chi connectivity index (χ3n) is 6.02. The maximum atomic E-state index is 12.1. The van der Waals surface area contributed by atoms with Crippen LogP contribution in [0.2, 0.25) is 0 Å². The number of hydrogen-bond acceptors (Lipinski definition) is 5. The summed E-state index contributed by atoms with van der Waals surface area (Å²) in [5.74, 6) is 0.295. The van der Waals surface area contributed by atoms with E-state index in [1.807, 2.05) is 12.1 Å². The number of piperazine rings is 1. The number of benzene rings is 2. The Kier molecular flexibility index (Phi) is 4.32. The van der Waals surface area contributed by atoms with Gasteiger partial charge in [-0.05, 0) is 72.4 Å². The lowest BCUT2D eigenvalue weighted by molar-refractivity contribution is 0.250. The molecule has 2 aliphatic rings. The van der Waals surface area contributed by atoms with Gasteiger partial charge >= 0.3 is 5.63 Å². The monoisotopic (exact) mass is 376 g/mol. The van der Waals surface area contributed by atoms with Crippen molar-refractivity contribution in [2.24, 2.45) is 0 Å². The van der Waals surface area contributed by atoms with Crippen LogP contribution in [-0.4, -0.2) is 36.2 Å². The van der Waals surface area contributed by atoms with Gasteiger partial charge in [0.25, 0.3) is 0 Å². The van der Waals surface area contributed by atoms with E-state index < -0.39 is 0 Å². The quantitative estimate of drug-likeness (QED) is 0.711. The molecule has 1 aliphatic carbocycles. The molecule has 5 nitrogen and oxygen atoms in total. The Morgan fingerprint density at radius 1 is 0.929 bits per heavy atom. The van der Waals surface area contributed by atoms with Gasteiger partial charge in [-0.3, -0.25) is 4.90 Å². The van der Waals surface area contributed by atoms with Crippen LogP contribution in [-0.2, 0) is 19.4 Å². The van der Waals surface area contributed by atoms with E-state index in [9.17, 15) is 9.90 Å². The van der Waals surface area contributed by atoms with E-state index in [4.69, 9.17) is 4.42 Å². The number of hydrogen-bond donors (Lipinski definition) is 1. The molecule has 5 heteroatoms. The van der Waals surface area contributed by atoms with Crippen LogP contribution in [0.25, 0.3) is 11.0 Å². The first kappa shape index (κ1) is 17.3. The Labute approximate surface area is 163 Å². The van der Waals surface area contributed by atoms with Gasteiger partial charge in [0.05, 0.1) is 0 Å². The molecule has 1 saturated heterocycles. The molecule has 1 aromatic heterocycles. The standard InChI is InChI=1S/C23H24N2O3/c26-20-6-4-19(5-7-20)25-10-8-24(9-11-25)15-18-14-23(27)28-22-13-17-3-1-2-16(17)12-21(18)22/h4-7,12-14,26H,1-3,8-11,15H2. The van der Waals surface area contributed by atoms with E-state index in [1.165, 1.54) is 17.5 Å². The zero-order valence-electron chi connectivity index (χ0n) is 15.9. The highest BCUT2D eigenvalue weighted by molar-refractivity contribution is 5.82. The van der Waals surface area contributed by atoms with Crippen molar-refractivity contribution >= 4 is 16.7 Å². The van der Waals surface area contributed by atoms with Crippen LogP contribution in [0.5, 0.6) is 5.75 Å². The van der Waals surface area contributed by atoms with Gasteiger partial charge < -0.3 is 14.4 Å². The fourth-order valence-corrected chi connectivity index (χ4v) is 4.49. The van der Waals surface area contributed by atoms with E-state index in [0.717, 1.165) is 67.8 Å². The number of aromatic hydroxyl groups is 1. The van der Waals surface area contributed by atoms with Gasteiger partial charge in [0.1, 0.15) is 11.3 Å². The van der Waals surface area contributed by atoms with Crippen LogP contribution in [0, 0.1) is 0 Å². The third-order valence-corrected chi connectivity index (χ3v) is 6.02. The van der Waals surface area contributed by atoms with Crippen molar-refractivity contribution in [2.45, 2.75) is 25.8 Å². The van der Waals surface area contributed by atoms with Crippen molar-refractivity contribution in [1.29, 1.82) is 0 Å². The first-order valence-corrected chi connectivity index (χ1v) is 10.0. The van der Waals surface area contributed by atoms with Gasteiger partial charge in [-0.2, -0.15) is 0 Å². The Morgan fingerprint density at radius 3 is 2.39 bits per heavy atom. The first-order valence-electron chi connectivity index (χ1n) is 10.0. The second-order valence-electron chi connectivity index (χ2n) is 7.84. The van der Waals surface area contributed by atoms with E-state index in [-0.39, 0.29) is 5.63 Å². The fraction of sp³-hybridized carbons (Fsp3) is 0.348. The normalized spacial score (nSPS) is 17.2. The molecule has 1 N–H and O–H groups in total. The second-order valence-corrected chi connectivity index (χ2v) is 7.84. The van der Waals surface area contributed by atoms with E-state index in [1.54, 1.807) is 18.2 Å². The average molecular weight is 376 g/mol. The molecule has 28 heavy (non-hydrogen) atoms. The molecule has 2 aromatic carbocycles. The molecule has 5 rings (SSSR count). The van der Waals surface area contributed by atoms with Crippen molar-refractivity contribution in [3.05, 3.63) is 69.6 Å². The van der Waals surface area contributed by atoms with Gasteiger partial charge in [-0.1, -0.05) is 0 Å². The molecule has 0 saturated carbocycles. The smallest absolute Gasteiger partial charge is 0.336 e. The SMILES string of the molecule is O=c1cc(CN2CCN(c3ccc(O)cc3)CC2)c2cc3c(cc2o1)CCC3. The zero-order valence-corrected chi connectivity index (χ0v) is 15.9. The molecule has 3 aromatic rings. The first-order chi connectivity index (χ1) is 13.7. The molecule has 0 unspecified atom stereocenters. The maximum absolute atomic E-state index is 12.1. The summed E-state index contributed by atoms with van der Waals surface area (Å²) in [5, 5.41) is 10.6. The number of aryl methyl sites for hydroxylation is 2. The lowest BCUT2D eigenvalue weighted by Crippen LogP contribution is -2.46. The van der Waals surface area contributed by atoms with Crippen molar-refractivity contribution in [1.82, 2.24) is 4.90 Å². The molecule has 0 spiro atoms. The third kappa shape index (κ3) is 3.27. The molecule has 1 fully saturated rings. The summed E-state index contributed by atoms with van der Waals surface area (Å²) in [6, 6.07) is 13.4. The highest BCUT2D eigenvalue weighted by Crippen LogP contribution is 2.29. The topological polar surface area (TPSA) is 56.9 Å². The predicted molar refractivity (Wildman–Crippen MR) is 110 cm³/mol. The minimum Gasteiger partial charge on any atom is -0.508 e. The van der Waals surface area contributed by atoms with Crippen LogP contribution in [0.3, 0.4) is 0 Å². The second kappa shape index (κ2) is 6.99. The van der Waals surface area contributed by atoms with Gasteiger partial charge in [0.15, 0.2) is 0 Å². The van der Waals surface area contributed by atoms with Gasteiger partial charge in [-0.25, -0.2) is 4.79 Å². The van der Waals surface area contributed by atoms with Crippen LogP contribution < -0.4 is 10.5 Å². The average Bonchev–Trinajstić information content (AvgIpc) is 3.15. The van der Waals surface area contributed by atoms with Crippen molar-refractivity contribution < 1.29 is 9.52 Å². The van der Waals surface area contributed by atoms with Crippen molar-refractivity contribution in [3.8, 4) is 5.75 Å². The van der Waals surface area contributed by atoms with Crippen LogP contribution in [0.4, 0.5) is 5.69 Å². The fourth-order valence-electron chi connectivity index (χ4n) is 4.49. The molecule has 0 amide bonds. The van der Waals surface area contributed by atoms with E-state index in [0.29, 0.717) is 5.75 Å². The number of rotatable bonds is 3. The summed E-state index contributed by atoms with van der Waals surface area (Å²) in [4.78, 5) is 16.8. The van der Waals surface area contributed by atoms with Crippen molar-refractivity contribution in [3.63, 3.8) is 0 Å². The molecule has 144 valence electrons. The van der Waals surface area contributed by atoms with E-state index in [2.05, 4.69) is 21.9 Å². The number of phenolic OH excluding ortho intramolecular Hbond substituents is 1. The lowest BCUT2D eigenvalue weighted by atomic mass is 10.0. The van der Waals surface area contributed by atoms with Gasteiger partial charge in [0.2, 0.25) is 0 Å². The minimum atomic E-state index is -0.261.